The summed E-state index contributed by atoms with van der Waals surface area (Å²) >= 11 is 0. The van der Waals surface area contributed by atoms with Crippen molar-refractivity contribution in [3.05, 3.63) is 81.2 Å². The molecule has 0 atom stereocenters. The van der Waals surface area contributed by atoms with Gasteiger partial charge >= 0.3 is 5.51 Å². The zero-order chi connectivity index (χ0) is 31.1. The van der Waals surface area contributed by atoms with Crippen molar-refractivity contribution in [1.29, 1.82) is 0 Å². The quantitative estimate of drug-likeness (QED) is 0.0571. The number of aromatic nitrogens is 3. The highest BCUT2D eigenvalue weighted by atomic mass is 32.2. The minimum absolute atomic E-state index is 0.0515. The van der Waals surface area contributed by atoms with Crippen molar-refractivity contribution < 1.29 is 45.3 Å². The number of alkyl halides is 3. The number of halogens is 3. The van der Waals surface area contributed by atoms with E-state index in [0.29, 0.717) is 23.4 Å². The predicted octanol–water partition coefficient (Wildman–Crippen LogP) is 5.04. The molecule has 1 heterocycles. The standard InChI is InChI=1S/C26H29N4O4.CHF3O3S/c1-2-3-4-5-6-7-8-11-18-28-23-24(26(32)22-13-10-9-12-21(22)25(23)31)29(27-28)19-14-16-20(17-15-19)30(33)34;2-1(3,4)8(5,6)7/h9-10,12-17H,2-8,11,18H2,1H3;(H,5,6,7)/q+1;/p-1. The van der Waals surface area contributed by atoms with E-state index in [1.54, 1.807) is 41.1 Å². The van der Waals surface area contributed by atoms with Crippen LogP contribution in [0.4, 0.5) is 18.9 Å². The van der Waals surface area contributed by atoms with Gasteiger partial charge < -0.3 is 4.55 Å². The fourth-order valence-corrected chi connectivity index (χ4v) is 4.43. The molecule has 0 radical (unpaired) electrons. The molecule has 3 aromatic rings. The largest absolute Gasteiger partial charge is 0.741 e. The number of hydrogen-bond acceptors (Lipinski definition) is 8. The number of aryl methyl sites for hydroxylation is 1. The van der Waals surface area contributed by atoms with Crippen molar-refractivity contribution in [3.8, 4) is 5.69 Å². The molecule has 0 saturated heterocycles. The smallest absolute Gasteiger partial charge is 0.485 e. The SMILES string of the molecule is CCCCCCCCCC[n+]1nn(-c2ccc([N+](=O)[O-])cc2)c2c1C(=O)c1ccccc1C2=O.O=S(=O)([O-])C(F)(F)F. The van der Waals surface area contributed by atoms with Gasteiger partial charge in [-0.3, -0.25) is 19.7 Å². The van der Waals surface area contributed by atoms with Crippen molar-refractivity contribution in [2.75, 3.05) is 0 Å². The summed E-state index contributed by atoms with van der Waals surface area (Å²) < 4.78 is 62.0. The zero-order valence-electron chi connectivity index (χ0n) is 22.7. The molecule has 1 aromatic heterocycles. The molecular weight excluding hydrogens is 581 g/mol. The molecule has 0 bridgehead atoms. The topological polar surface area (TPSA) is 156 Å². The Morgan fingerprint density at radius 1 is 0.881 bits per heavy atom. The molecule has 226 valence electrons. The van der Waals surface area contributed by atoms with Crippen LogP contribution in [0, 0.1) is 10.1 Å². The van der Waals surface area contributed by atoms with Crippen LogP contribution in [0.15, 0.2) is 48.5 Å². The highest BCUT2D eigenvalue weighted by Gasteiger charge is 2.43. The number of nitro groups is 1. The van der Waals surface area contributed by atoms with Crippen molar-refractivity contribution in [2.24, 2.45) is 0 Å². The van der Waals surface area contributed by atoms with Crippen LogP contribution in [0.1, 0.15) is 90.4 Å². The van der Waals surface area contributed by atoms with Crippen LogP contribution in [-0.4, -0.2) is 44.9 Å². The number of ketones is 2. The van der Waals surface area contributed by atoms with Crippen molar-refractivity contribution in [1.82, 2.24) is 9.90 Å². The van der Waals surface area contributed by atoms with Gasteiger partial charge in [0, 0.05) is 23.3 Å². The summed E-state index contributed by atoms with van der Waals surface area (Å²) in [5.74, 6) is -0.497. The molecule has 0 N–H and O–H groups in total. The van der Waals surface area contributed by atoms with Crippen LogP contribution in [0.5, 0.6) is 0 Å². The normalized spacial score (nSPS) is 12.8. The van der Waals surface area contributed by atoms with Crippen molar-refractivity contribution in [3.63, 3.8) is 0 Å². The first kappa shape index (κ1) is 32.5. The minimum atomic E-state index is -6.09. The number of nitro benzene ring substituents is 1. The Hall–Kier alpha value is -3.98. The van der Waals surface area contributed by atoms with Gasteiger partial charge in [-0.25, -0.2) is 8.42 Å². The molecule has 0 fully saturated rings. The Kier molecular flexibility index (Phi) is 10.7. The lowest BCUT2D eigenvalue weighted by Crippen LogP contribution is -2.43. The Morgan fingerprint density at radius 3 is 1.88 bits per heavy atom. The molecular formula is C27H29F3N4O7S. The van der Waals surface area contributed by atoms with Gasteiger partial charge in [0.25, 0.3) is 11.4 Å². The van der Waals surface area contributed by atoms with E-state index in [9.17, 15) is 32.9 Å². The number of benzene rings is 2. The molecule has 15 heteroatoms. The van der Waals surface area contributed by atoms with Gasteiger partial charge in [-0.05, 0) is 25.0 Å². The van der Waals surface area contributed by atoms with Gasteiger partial charge in [0.15, 0.2) is 15.8 Å². The number of unbranched alkanes of at least 4 members (excludes halogenated alkanes) is 7. The monoisotopic (exact) mass is 610 g/mol. The fraction of sp³-hybridized carbons (Fsp3) is 0.407. The maximum Gasteiger partial charge on any atom is 0.485 e. The van der Waals surface area contributed by atoms with Crippen molar-refractivity contribution in [2.45, 2.75) is 70.3 Å². The van der Waals surface area contributed by atoms with E-state index in [1.807, 2.05) is 0 Å². The van der Waals surface area contributed by atoms with E-state index >= 15 is 0 Å². The number of hydrogen-bond donors (Lipinski definition) is 0. The number of non-ortho nitro benzene ring substituents is 1. The summed E-state index contributed by atoms with van der Waals surface area (Å²) in [4.78, 5) is 37.4. The second-order valence-electron chi connectivity index (χ2n) is 9.57. The second-order valence-corrected chi connectivity index (χ2v) is 10.9. The predicted molar refractivity (Wildman–Crippen MR) is 142 cm³/mol. The molecule has 1 aliphatic carbocycles. The lowest BCUT2D eigenvalue weighted by atomic mass is 9.89. The summed E-state index contributed by atoms with van der Waals surface area (Å²) in [6.07, 6.45) is 9.23. The molecule has 0 aliphatic heterocycles. The van der Waals surface area contributed by atoms with Crippen LogP contribution in [0.25, 0.3) is 5.69 Å². The maximum absolute atomic E-state index is 13.4. The first-order valence-corrected chi connectivity index (χ1v) is 14.7. The third kappa shape index (κ3) is 7.64. The van der Waals surface area contributed by atoms with Gasteiger partial charge in [-0.2, -0.15) is 13.2 Å². The molecule has 0 amide bonds. The summed E-state index contributed by atoms with van der Waals surface area (Å²) in [5, 5.41) is 15.6. The number of carbonyl (C=O) groups is 2. The first-order valence-electron chi connectivity index (χ1n) is 13.3. The van der Waals surface area contributed by atoms with Crippen LogP contribution in [0.2, 0.25) is 0 Å². The number of carbonyl (C=O) groups excluding carboxylic acids is 2. The summed E-state index contributed by atoms with van der Waals surface area (Å²) in [5.41, 5.74) is -3.98. The van der Waals surface area contributed by atoms with Gasteiger partial charge in [0.05, 0.1) is 10.1 Å². The van der Waals surface area contributed by atoms with E-state index in [0.717, 1.165) is 19.3 Å². The van der Waals surface area contributed by atoms with Crippen LogP contribution in [0.3, 0.4) is 0 Å². The van der Waals surface area contributed by atoms with Gasteiger partial charge in [-0.15, -0.1) is 4.68 Å². The van der Waals surface area contributed by atoms with Gasteiger partial charge in [0.1, 0.15) is 6.54 Å². The minimum Gasteiger partial charge on any atom is -0.741 e. The highest BCUT2D eigenvalue weighted by molar-refractivity contribution is 7.86. The van der Waals surface area contributed by atoms with E-state index in [1.165, 1.54) is 48.9 Å². The number of rotatable bonds is 11. The second kappa shape index (κ2) is 13.8. The third-order valence-corrected chi connectivity index (χ3v) is 7.12. The van der Waals surface area contributed by atoms with Crippen molar-refractivity contribution >= 4 is 27.4 Å². The Labute approximate surface area is 239 Å². The van der Waals surface area contributed by atoms with E-state index in [-0.39, 0.29) is 28.6 Å². The molecule has 11 nitrogen and oxygen atoms in total. The molecule has 2 aromatic carbocycles. The highest BCUT2D eigenvalue weighted by Crippen LogP contribution is 2.27. The van der Waals surface area contributed by atoms with E-state index in [4.69, 9.17) is 13.0 Å². The molecule has 4 rings (SSSR count). The molecule has 0 saturated carbocycles. The van der Waals surface area contributed by atoms with E-state index in [2.05, 4.69) is 12.1 Å². The molecule has 1 aliphatic rings. The van der Waals surface area contributed by atoms with Crippen LogP contribution >= 0.6 is 0 Å². The fourth-order valence-electron chi connectivity index (χ4n) is 4.43. The zero-order valence-corrected chi connectivity index (χ0v) is 23.5. The summed E-state index contributed by atoms with van der Waals surface area (Å²) in [6.45, 7) is 2.73. The third-order valence-electron chi connectivity index (χ3n) is 6.55. The van der Waals surface area contributed by atoms with Gasteiger partial charge in [-0.1, -0.05) is 74.4 Å². The Bertz CT molecular complexity index is 1550. The molecule has 42 heavy (non-hydrogen) atoms. The van der Waals surface area contributed by atoms with E-state index < -0.39 is 20.5 Å². The number of nitrogens with zero attached hydrogens (tertiary/aromatic N) is 4. The summed E-state index contributed by atoms with van der Waals surface area (Å²) in [6, 6.07) is 12.6. The average Bonchev–Trinajstić information content (AvgIpc) is 3.32. The average molecular weight is 611 g/mol. The lowest BCUT2D eigenvalue weighted by molar-refractivity contribution is -0.756. The van der Waals surface area contributed by atoms with Gasteiger partial charge in [0.2, 0.25) is 17.3 Å². The molecule has 0 unspecified atom stereocenters. The first-order chi connectivity index (χ1) is 19.8. The molecule has 0 spiro atoms. The van der Waals surface area contributed by atoms with Crippen LogP contribution < -0.4 is 4.68 Å². The van der Waals surface area contributed by atoms with Crippen LogP contribution in [-0.2, 0) is 16.7 Å². The number of fused-ring (bicyclic) bond motifs is 2. The Balaban J connectivity index is 0.000000531. The Morgan fingerprint density at radius 2 is 1.38 bits per heavy atom. The maximum atomic E-state index is 13.4. The summed E-state index contributed by atoms with van der Waals surface area (Å²) in [7, 11) is -6.09. The lowest BCUT2D eigenvalue weighted by Gasteiger charge is -2.11.